The normalized spacial score (nSPS) is 11.2. The molecule has 0 unspecified atom stereocenters. The van der Waals surface area contributed by atoms with E-state index in [1.807, 2.05) is 35.2 Å². The number of hydrogen-bond acceptors (Lipinski definition) is 9. The minimum absolute atomic E-state index is 0.160. The highest BCUT2D eigenvalue weighted by atomic mass is 32.1. The lowest BCUT2D eigenvalue weighted by atomic mass is 10.2. The van der Waals surface area contributed by atoms with Crippen LogP contribution in [0.2, 0.25) is 0 Å². The molecule has 178 valence electrons. The third-order valence-electron chi connectivity index (χ3n) is 5.16. The van der Waals surface area contributed by atoms with Crippen molar-refractivity contribution in [1.82, 2.24) is 20.3 Å². The predicted molar refractivity (Wildman–Crippen MR) is 147 cm³/mol. The second-order valence-corrected chi connectivity index (χ2v) is 11.0. The van der Waals surface area contributed by atoms with Crippen LogP contribution in [0.15, 0.2) is 58.9 Å². The molecule has 4 heterocycles. The van der Waals surface area contributed by atoms with Gasteiger partial charge in [-0.15, -0.1) is 34.0 Å². The Morgan fingerprint density at radius 2 is 2.00 bits per heavy atom. The van der Waals surface area contributed by atoms with Gasteiger partial charge in [-0.05, 0) is 49.9 Å². The first-order valence-corrected chi connectivity index (χ1v) is 13.8. The van der Waals surface area contributed by atoms with Gasteiger partial charge in [-0.25, -0.2) is 15.0 Å². The third-order valence-corrected chi connectivity index (χ3v) is 7.76. The van der Waals surface area contributed by atoms with E-state index in [1.165, 1.54) is 16.2 Å². The molecule has 0 spiro atoms. The van der Waals surface area contributed by atoms with Crippen molar-refractivity contribution < 1.29 is 4.79 Å². The van der Waals surface area contributed by atoms with Crippen LogP contribution in [0.25, 0.3) is 20.8 Å². The van der Waals surface area contributed by atoms with Crippen molar-refractivity contribution in [2.75, 3.05) is 17.2 Å². The van der Waals surface area contributed by atoms with Gasteiger partial charge in [0.1, 0.15) is 16.5 Å². The molecule has 0 radical (unpaired) electrons. The molecule has 35 heavy (non-hydrogen) atoms. The summed E-state index contributed by atoms with van der Waals surface area (Å²) in [6, 6.07) is 12.4. The Balaban J connectivity index is 1.33. The topological polar surface area (TPSA) is 91.8 Å². The van der Waals surface area contributed by atoms with E-state index in [0.29, 0.717) is 12.2 Å². The number of nitrogens with one attached hydrogen (secondary N) is 3. The Labute approximate surface area is 215 Å². The second-order valence-electron chi connectivity index (χ2n) is 8.20. The van der Waals surface area contributed by atoms with Gasteiger partial charge in [0.05, 0.1) is 21.3 Å². The van der Waals surface area contributed by atoms with Crippen LogP contribution < -0.4 is 16.0 Å². The summed E-state index contributed by atoms with van der Waals surface area (Å²) in [5.41, 5.74) is 5.99. The molecule has 0 atom stereocenters. The lowest BCUT2D eigenvalue weighted by molar-refractivity contribution is 0.0950. The Kier molecular flexibility index (Phi) is 7.03. The number of rotatable bonds is 9. The number of fused-ring (bicyclic) bond motifs is 1. The zero-order chi connectivity index (χ0) is 24.2. The molecule has 0 saturated heterocycles. The zero-order valence-electron chi connectivity index (χ0n) is 19.2. The van der Waals surface area contributed by atoms with Gasteiger partial charge in [-0.3, -0.25) is 4.79 Å². The quantitative estimate of drug-likeness (QED) is 0.208. The molecule has 0 aliphatic rings. The Bertz CT molecular complexity index is 1440. The highest BCUT2D eigenvalue weighted by Crippen LogP contribution is 2.33. The number of nitrogens with zero attached hydrogens (tertiary/aromatic N) is 3. The summed E-state index contributed by atoms with van der Waals surface area (Å²) in [6.45, 7) is 4.76. The average Bonchev–Trinajstić information content (AvgIpc) is 3.60. The minimum Gasteiger partial charge on any atom is -0.382 e. The molecule has 5 rings (SSSR count). The standard InChI is InChI=1S/C25H24N6OS3/c1-15(2)29-20-11-23(30-16-5-6-19-22(10-16)35-14-28-19)27-12-18(20)25-31-21(13-34-25)24(32)26-8-7-17-4-3-9-33-17/h3-6,9-15H,7-8H2,1-2H3,(H,26,32)(H2,27,29,30). The molecule has 0 bridgehead atoms. The largest absolute Gasteiger partial charge is 0.382 e. The van der Waals surface area contributed by atoms with Gasteiger partial charge in [0, 0.05) is 46.5 Å². The molecule has 5 aromatic rings. The first kappa shape index (κ1) is 23.4. The van der Waals surface area contributed by atoms with Gasteiger partial charge in [-0.1, -0.05) is 6.07 Å². The van der Waals surface area contributed by atoms with Crippen LogP contribution in [0, 0.1) is 0 Å². The van der Waals surface area contributed by atoms with Gasteiger partial charge in [0.2, 0.25) is 0 Å². The van der Waals surface area contributed by atoms with E-state index in [0.717, 1.165) is 44.4 Å². The lowest BCUT2D eigenvalue weighted by Gasteiger charge is -2.15. The van der Waals surface area contributed by atoms with Crippen LogP contribution in [-0.2, 0) is 6.42 Å². The Hall–Kier alpha value is -3.34. The summed E-state index contributed by atoms with van der Waals surface area (Å²) in [5, 5.41) is 14.4. The van der Waals surface area contributed by atoms with Crippen LogP contribution in [0.3, 0.4) is 0 Å². The van der Waals surface area contributed by atoms with Crippen molar-refractivity contribution in [3.05, 3.63) is 69.4 Å². The number of carbonyl (C=O) groups excluding carboxylic acids is 1. The second kappa shape index (κ2) is 10.5. The molecule has 0 saturated carbocycles. The molecule has 4 aromatic heterocycles. The van der Waals surface area contributed by atoms with E-state index < -0.39 is 0 Å². The summed E-state index contributed by atoms with van der Waals surface area (Å²) >= 11 is 4.74. The monoisotopic (exact) mass is 520 g/mol. The number of benzene rings is 1. The first-order valence-electron chi connectivity index (χ1n) is 11.2. The molecule has 0 aliphatic heterocycles. The number of hydrogen-bond donors (Lipinski definition) is 3. The maximum atomic E-state index is 12.6. The highest BCUT2D eigenvalue weighted by molar-refractivity contribution is 7.16. The van der Waals surface area contributed by atoms with E-state index in [9.17, 15) is 4.79 Å². The van der Waals surface area contributed by atoms with Gasteiger partial charge in [0.15, 0.2) is 0 Å². The fourth-order valence-electron chi connectivity index (χ4n) is 3.55. The van der Waals surface area contributed by atoms with E-state index in [2.05, 4.69) is 56.9 Å². The van der Waals surface area contributed by atoms with E-state index in [-0.39, 0.29) is 11.9 Å². The smallest absolute Gasteiger partial charge is 0.270 e. The summed E-state index contributed by atoms with van der Waals surface area (Å²) in [5.74, 6) is 0.566. The number of carbonyl (C=O) groups is 1. The van der Waals surface area contributed by atoms with Gasteiger partial charge >= 0.3 is 0 Å². The molecule has 0 aliphatic carbocycles. The molecule has 3 N–H and O–H groups in total. The van der Waals surface area contributed by atoms with Crippen molar-refractivity contribution in [2.24, 2.45) is 0 Å². The minimum atomic E-state index is -0.160. The SMILES string of the molecule is CC(C)Nc1cc(Nc2ccc3ncsc3c2)ncc1-c1nc(C(=O)NCCc2cccs2)cs1. The predicted octanol–water partition coefficient (Wildman–Crippen LogP) is 6.41. The maximum absolute atomic E-state index is 12.6. The molecule has 1 amide bonds. The number of amides is 1. The van der Waals surface area contributed by atoms with Crippen molar-refractivity contribution in [2.45, 2.75) is 26.3 Å². The van der Waals surface area contributed by atoms with E-state index >= 15 is 0 Å². The number of thiazole rings is 2. The summed E-state index contributed by atoms with van der Waals surface area (Å²) in [4.78, 5) is 27.4. The molecule has 10 heteroatoms. The fraction of sp³-hybridized carbons (Fsp3) is 0.200. The average molecular weight is 521 g/mol. The summed E-state index contributed by atoms with van der Waals surface area (Å²) in [6.07, 6.45) is 2.62. The van der Waals surface area contributed by atoms with Crippen molar-refractivity contribution in [3.63, 3.8) is 0 Å². The van der Waals surface area contributed by atoms with Crippen LogP contribution >= 0.6 is 34.0 Å². The number of thiophene rings is 1. The number of anilines is 3. The van der Waals surface area contributed by atoms with E-state index in [4.69, 9.17) is 0 Å². The highest BCUT2D eigenvalue weighted by Gasteiger charge is 2.16. The fourth-order valence-corrected chi connectivity index (χ4v) is 5.80. The lowest BCUT2D eigenvalue weighted by Crippen LogP contribution is -2.25. The van der Waals surface area contributed by atoms with Crippen LogP contribution in [0.5, 0.6) is 0 Å². The third kappa shape index (κ3) is 5.67. The van der Waals surface area contributed by atoms with Crippen molar-refractivity contribution in [1.29, 1.82) is 0 Å². The molecule has 1 aromatic carbocycles. The van der Waals surface area contributed by atoms with Crippen molar-refractivity contribution >= 4 is 67.3 Å². The van der Waals surface area contributed by atoms with Crippen LogP contribution in [-0.4, -0.2) is 33.4 Å². The van der Waals surface area contributed by atoms with Gasteiger partial charge in [0.25, 0.3) is 5.91 Å². The Morgan fingerprint density at radius 3 is 2.83 bits per heavy atom. The van der Waals surface area contributed by atoms with Crippen molar-refractivity contribution in [3.8, 4) is 10.6 Å². The zero-order valence-corrected chi connectivity index (χ0v) is 21.7. The van der Waals surface area contributed by atoms with E-state index in [1.54, 1.807) is 34.3 Å². The molecule has 7 nitrogen and oxygen atoms in total. The molecule has 0 fully saturated rings. The molecular formula is C25H24N6OS3. The Morgan fingerprint density at radius 1 is 1.09 bits per heavy atom. The van der Waals surface area contributed by atoms with Crippen LogP contribution in [0.1, 0.15) is 29.2 Å². The number of pyridine rings is 1. The van der Waals surface area contributed by atoms with Gasteiger partial charge in [-0.2, -0.15) is 0 Å². The molecular weight excluding hydrogens is 497 g/mol. The summed E-state index contributed by atoms with van der Waals surface area (Å²) < 4.78 is 1.12. The van der Waals surface area contributed by atoms with Crippen LogP contribution in [0.4, 0.5) is 17.2 Å². The first-order chi connectivity index (χ1) is 17.0. The number of aromatic nitrogens is 3. The van der Waals surface area contributed by atoms with Gasteiger partial charge < -0.3 is 16.0 Å². The maximum Gasteiger partial charge on any atom is 0.270 e. The summed E-state index contributed by atoms with van der Waals surface area (Å²) in [7, 11) is 0.